The van der Waals surface area contributed by atoms with E-state index in [0.717, 1.165) is 24.0 Å². The Hall–Kier alpha value is -0.660. The highest BCUT2D eigenvalue weighted by atomic mass is 31.2. The zero-order valence-electron chi connectivity index (χ0n) is 12.2. The van der Waals surface area contributed by atoms with E-state index >= 15 is 0 Å². The zero-order valence-corrected chi connectivity index (χ0v) is 13.1. The summed E-state index contributed by atoms with van der Waals surface area (Å²) in [6, 6.07) is 5.65. The van der Waals surface area contributed by atoms with Crippen molar-refractivity contribution in [3.8, 4) is 5.75 Å². The van der Waals surface area contributed by atoms with Crippen LogP contribution in [0, 0.1) is 6.92 Å². The Morgan fingerprint density at radius 1 is 1.32 bits per heavy atom. The molecule has 108 valence electrons. The highest BCUT2D eigenvalue weighted by Crippen LogP contribution is 2.42. The normalized spacial score (nSPS) is 13.4. The van der Waals surface area contributed by atoms with E-state index < -0.39 is 8.69 Å². The molecule has 0 amide bonds. The lowest BCUT2D eigenvalue weighted by Gasteiger charge is -2.28. The van der Waals surface area contributed by atoms with Crippen molar-refractivity contribution >= 4 is 8.69 Å². The molecule has 19 heavy (non-hydrogen) atoms. The van der Waals surface area contributed by atoms with Crippen LogP contribution in [0.1, 0.15) is 57.6 Å². The maximum atomic E-state index is 12.8. The Kier molecular flexibility index (Phi) is 6.22. The molecule has 1 N–H and O–H groups in total. The smallest absolute Gasteiger partial charge is 0.424 e. The predicted octanol–water partition coefficient (Wildman–Crippen LogP) is 5.42. The van der Waals surface area contributed by atoms with Crippen LogP contribution in [-0.4, -0.2) is 4.89 Å². The van der Waals surface area contributed by atoms with Crippen LogP contribution in [0.15, 0.2) is 18.2 Å². The molecule has 2 nitrogen and oxygen atoms in total. The Bertz CT molecular complexity index is 405. The molecule has 0 radical (unpaired) electrons. The minimum Gasteiger partial charge on any atom is -0.424 e. The number of rotatable bonds is 7. The molecule has 0 heterocycles. The van der Waals surface area contributed by atoms with Crippen LogP contribution in [0.2, 0.25) is 0 Å². The average Bonchev–Trinajstić information content (AvgIpc) is 2.31. The summed E-state index contributed by atoms with van der Waals surface area (Å²) in [5, 5.41) is 0. The molecule has 0 aliphatic rings. The lowest BCUT2D eigenvalue weighted by molar-refractivity contribution is 0.405. The molecule has 4 heteroatoms. The molecule has 0 bridgehead atoms. The van der Waals surface area contributed by atoms with Crippen LogP contribution in [-0.2, 0) is 5.41 Å². The fourth-order valence-corrected chi connectivity index (χ4v) is 2.61. The SMILES string of the molecule is CCCCCC(C)(C)c1cc(C)ccc1OP(O)F. The van der Waals surface area contributed by atoms with Gasteiger partial charge < -0.3 is 9.42 Å². The lowest BCUT2D eigenvalue weighted by Crippen LogP contribution is -2.18. The van der Waals surface area contributed by atoms with Crippen molar-refractivity contribution in [2.45, 2.75) is 58.8 Å². The molecule has 0 saturated heterocycles. The second kappa shape index (κ2) is 7.21. The summed E-state index contributed by atoms with van der Waals surface area (Å²) >= 11 is 0. The topological polar surface area (TPSA) is 29.5 Å². The number of hydrogen-bond acceptors (Lipinski definition) is 2. The minimum absolute atomic E-state index is 0.0815. The molecule has 0 saturated carbocycles. The number of aryl methyl sites for hydroxylation is 1. The standard InChI is InChI=1S/C15H24FO2P/c1-5-6-7-10-15(3,4)13-11-12(2)8-9-14(13)18-19(16)17/h8-9,11,17H,5-7,10H2,1-4H3. The van der Waals surface area contributed by atoms with E-state index in [9.17, 15) is 4.20 Å². The van der Waals surface area contributed by atoms with Crippen LogP contribution < -0.4 is 4.52 Å². The molecule has 0 fully saturated rings. The number of halogens is 1. The van der Waals surface area contributed by atoms with Crippen molar-refractivity contribution < 1.29 is 13.6 Å². The van der Waals surface area contributed by atoms with Gasteiger partial charge in [-0.3, -0.25) is 0 Å². The van der Waals surface area contributed by atoms with Crippen molar-refractivity contribution in [3.63, 3.8) is 0 Å². The monoisotopic (exact) mass is 286 g/mol. The van der Waals surface area contributed by atoms with Crippen molar-refractivity contribution in [3.05, 3.63) is 29.3 Å². The second-order valence-corrected chi connectivity index (χ2v) is 6.29. The van der Waals surface area contributed by atoms with Gasteiger partial charge in [0.1, 0.15) is 5.75 Å². The summed E-state index contributed by atoms with van der Waals surface area (Å²) in [5.41, 5.74) is 2.01. The average molecular weight is 286 g/mol. The highest BCUT2D eigenvalue weighted by Gasteiger charge is 2.25. The number of benzene rings is 1. The molecule has 0 aliphatic heterocycles. The van der Waals surface area contributed by atoms with Crippen LogP contribution in [0.4, 0.5) is 4.20 Å². The fourth-order valence-electron chi connectivity index (χ4n) is 2.29. The second-order valence-electron chi connectivity index (χ2n) is 5.66. The molecule has 1 aromatic carbocycles. The van der Waals surface area contributed by atoms with Gasteiger partial charge >= 0.3 is 8.69 Å². The van der Waals surface area contributed by atoms with Gasteiger partial charge in [-0.15, -0.1) is 4.20 Å². The third-order valence-electron chi connectivity index (χ3n) is 3.44. The lowest BCUT2D eigenvalue weighted by atomic mass is 9.79. The van der Waals surface area contributed by atoms with Gasteiger partial charge in [0.15, 0.2) is 0 Å². The predicted molar refractivity (Wildman–Crippen MR) is 79.2 cm³/mol. The number of hydrogen-bond donors (Lipinski definition) is 1. The Morgan fingerprint density at radius 3 is 2.58 bits per heavy atom. The molecular weight excluding hydrogens is 262 g/mol. The van der Waals surface area contributed by atoms with Gasteiger partial charge in [0.05, 0.1) is 0 Å². The van der Waals surface area contributed by atoms with Crippen molar-refractivity contribution in [1.29, 1.82) is 0 Å². The highest BCUT2D eigenvalue weighted by molar-refractivity contribution is 7.40. The molecule has 0 aromatic heterocycles. The minimum atomic E-state index is -2.87. The molecule has 1 atom stereocenters. The summed E-state index contributed by atoms with van der Waals surface area (Å²) in [6.45, 7) is 8.47. The first kappa shape index (κ1) is 16.4. The van der Waals surface area contributed by atoms with Gasteiger partial charge in [0, 0.05) is 5.56 Å². The van der Waals surface area contributed by atoms with Gasteiger partial charge in [-0.2, -0.15) is 0 Å². The van der Waals surface area contributed by atoms with Gasteiger partial charge in [0.2, 0.25) is 0 Å². The molecule has 1 rings (SSSR count). The summed E-state index contributed by atoms with van der Waals surface area (Å²) in [6.07, 6.45) is 4.54. The first-order valence-corrected chi connectivity index (χ1v) is 7.91. The van der Waals surface area contributed by atoms with E-state index in [1.807, 2.05) is 19.1 Å². The van der Waals surface area contributed by atoms with Gasteiger partial charge in [-0.1, -0.05) is 57.7 Å². The molecule has 0 spiro atoms. The largest absolute Gasteiger partial charge is 0.436 e. The van der Waals surface area contributed by atoms with E-state index in [1.165, 1.54) is 12.8 Å². The summed E-state index contributed by atoms with van der Waals surface area (Å²) < 4.78 is 17.7. The molecule has 0 aliphatic carbocycles. The summed E-state index contributed by atoms with van der Waals surface area (Å²) in [5.74, 6) is 0.461. The Labute approximate surface area is 117 Å². The summed E-state index contributed by atoms with van der Waals surface area (Å²) in [7, 11) is -2.87. The Morgan fingerprint density at radius 2 is 2.00 bits per heavy atom. The van der Waals surface area contributed by atoms with E-state index in [-0.39, 0.29) is 5.41 Å². The van der Waals surface area contributed by atoms with E-state index in [0.29, 0.717) is 5.75 Å². The van der Waals surface area contributed by atoms with Crippen LogP contribution in [0.5, 0.6) is 5.75 Å². The van der Waals surface area contributed by atoms with Crippen LogP contribution in [0.3, 0.4) is 0 Å². The Balaban J connectivity index is 2.97. The van der Waals surface area contributed by atoms with E-state index in [2.05, 4.69) is 20.8 Å². The maximum absolute atomic E-state index is 12.8. The third-order valence-corrected chi connectivity index (χ3v) is 3.79. The first-order valence-electron chi connectivity index (χ1n) is 6.80. The van der Waals surface area contributed by atoms with Gasteiger partial charge in [-0.05, 0) is 24.8 Å². The quantitative estimate of drug-likeness (QED) is 0.535. The van der Waals surface area contributed by atoms with E-state index in [4.69, 9.17) is 9.42 Å². The van der Waals surface area contributed by atoms with Crippen molar-refractivity contribution in [1.82, 2.24) is 0 Å². The van der Waals surface area contributed by atoms with Crippen LogP contribution in [0.25, 0.3) is 0 Å². The van der Waals surface area contributed by atoms with E-state index in [1.54, 1.807) is 6.07 Å². The summed E-state index contributed by atoms with van der Waals surface area (Å²) in [4.78, 5) is 8.86. The maximum Gasteiger partial charge on any atom is 0.436 e. The first-order chi connectivity index (χ1) is 8.86. The van der Waals surface area contributed by atoms with Crippen molar-refractivity contribution in [2.24, 2.45) is 0 Å². The molecular formula is C15H24FO2P. The number of unbranched alkanes of at least 4 members (excludes halogenated alkanes) is 2. The molecule has 1 aromatic rings. The molecule has 1 unspecified atom stereocenters. The fraction of sp³-hybridized carbons (Fsp3) is 0.600. The van der Waals surface area contributed by atoms with Gasteiger partial charge in [-0.25, -0.2) is 0 Å². The third kappa shape index (κ3) is 5.08. The van der Waals surface area contributed by atoms with Gasteiger partial charge in [0.25, 0.3) is 0 Å². The zero-order chi connectivity index (χ0) is 14.5. The van der Waals surface area contributed by atoms with Crippen LogP contribution >= 0.6 is 8.69 Å². The van der Waals surface area contributed by atoms with Crippen molar-refractivity contribution in [2.75, 3.05) is 0 Å².